The van der Waals surface area contributed by atoms with Crippen molar-refractivity contribution in [1.82, 2.24) is 20.1 Å². The van der Waals surface area contributed by atoms with Crippen LogP contribution in [-0.4, -0.2) is 33.6 Å². The number of rotatable bonds is 4. The van der Waals surface area contributed by atoms with Gasteiger partial charge in [0.05, 0.1) is 28.5 Å². The highest BCUT2D eigenvalue weighted by atomic mass is 35.5. The molecule has 0 aliphatic heterocycles. The highest BCUT2D eigenvalue weighted by molar-refractivity contribution is 6.32. The zero-order chi connectivity index (χ0) is 21.1. The van der Waals surface area contributed by atoms with Crippen LogP contribution in [0.2, 0.25) is 5.02 Å². The molecule has 2 heterocycles. The van der Waals surface area contributed by atoms with Crippen molar-refractivity contribution in [3.63, 3.8) is 0 Å². The van der Waals surface area contributed by atoms with Crippen LogP contribution in [0.25, 0.3) is 10.7 Å². The first-order valence-electron chi connectivity index (χ1n) is 8.58. The Labute approximate surface area is 172 Å². The summed E-state index contributed by atoms with van der Waals surface area (Å²) in [7, 11) is 1.48. The smallest absolute Gasteiger partial charge is 0.274 e. The summed E-state index contributed by atoms with van der Waals surface area (Å²) < 4.78 is 1.36. The number of aryl methyl sites for hydroxylation is 2. The van der Waals surface area contributed by atoms with Gasteiger partial charge in [-0.3, -0.25) is 9.59 Å². The van der Waals surface area contributed by atoms with Crippen LogP contribution in [0.4, 0.5) is 11.4 Å². The molecule has 2 amide bonds. The van der Waals surface area contributed by atoms with E-state index in [0.29, 0.717) is 33.5 Å². The standard InChI is InChI=1S/C20H17ClN6O2/c1-11-8-13(22-3)10-14(19(28)23-4)17(11)25-20(29)16-9-12(2)26-27(16)18-15(21)6-5-7-24-18/h5-10H,1-2,4H3,(H,23,28)(H,25,29). The molecule has 2 aromatic heterocycles. The normalized spacial score (nSPS) is 10.3. The topological polar surface area (TPSA) is 93.3 Å². The van der Waals surface area contributed by atoms with Crippen molar-refractivity contribution in [2.24, 2.45) is 0 Å². The molecular formula is C20H17ClN6O2. The number of hydrogen-bond acceptors (Lipinski definition) is 4. The van der Waals surface area contributed by atoms with Gasteiger partial charge in [-0.15, -0.1) is 0 Å². The van der Waals surface area contributed by atoms with Crippen molar-refractivity contribution in [2.45, 2.75) is 13.8 Å². The molecule has 3 rings (SSSR count). The van der Waals surface area contributed by atoms with Crippen LogP contribution in [0.3, 0.4) is 0 Å². The molecule has 0 spiro atoms. The predicted octanol–water partition coefficient (Wildman–Crippen LogP) is 3.70. The molecule has 8 nitrogen and oxygen atoms in total. The molecule has 0 saturated carbocycles. The fourth-order valence-corrected chi connectivity index (χ4v) is 3.05. The van der Waals surface area contributed by atoms with Gasteiger partial charge >= 0.3 is 0 Å². The number of hydrogen-bond donors (Lipinski definition) is 2. The Morgan fingerprint density at radius 3 is 2.62 bits per heavy atom. The van der Waals surface area contributed by atoms with Gasteiger partial charge in [-0.2, -0.15) is 5.10 Å². The van der Waals surface area contributed by atoms with E-state index in [0.717, 1.165) is 0 Å². The second-order valence-corrected chi connectivity index (χ2v) is 6.63. The number of amides is 2. The summed E-state index contributed by atoms with van der Waals surface area (Å²) in [5.74, 6) is -0.582. The molecule has 0 radical (unpaired) electrons. The van der Waals surface area contributed by atoms with Gasteiger partial charge in [-0.05, 0) is 43.7 Å². The molecule has 2 N–H and O–H groups in total. The number of carbonyl (C=O) groups is 2. The fraction of sp³-hybridized carbons (Fsp3) is 0.150. The SMILES string of the molecule is [C-]#[N+]c1cc(C)c(NC(=O)c2cc(C)nn2-c2ncccc2Cl)c(C(=O)NC)c1. The van der Waals surface area contributed by atoms with E-state index in [1.165, 1.54) is 17.8 Å². The predicted molar refractivity (Wildman–Crippen MR) is 110 cm³/mol. The Morgan fingerprint density at radius 2 is 1.97 bits per heavy atom. The van der Waals surface area contributed by atoms with Crippen LogP contribution in [0, 0.1) is 20.4 Å². The lowest BCUT2D eigenvalue weighted by atomic mass is 10.1. The fourth-order valence-electron chi connectivity index (χ4n) is 2.85. The summed E-state index contributed by atoms with van der Waals surface area (Å²) in [6.07, 6.45) is 1.55. The van der Waals surface area contributed by atoms with E-state index in [-0.39, 0.29) is 11.3 Å². The maximum absolute atomic E-state index is 13.1. The lowest BCUT2D eigenvalue weighted by molar-refractivity contribution is 0.0964. The Bertz CT molecular complexity index is 1160. The Hall–Kier alpha value is -3.70. The monoisotopic (exact) mass is 408 g/mol. The van der Waals surface area contributed by atoms with Crippen molar-refractivity contribution in [3.8, 4) is 5.82 Å². The van der Waals surface area contributed by atoms with Gasteiger partial charge in [-0.1, -0.05) is 17.7 Å². The highest BCUT2D eigenvalue weighted by Gasteiger charge is 2.21. The van der Waals surface area contributed by atoms with Crippen LogP contribution < -0.4 is 10.6 Å². The Kier molecular flexibility index (Phi) is 5.61. The van der Waals surface area contributed by atoms with Gasteiger partial charge in [-0.25, -0.2) is 14.5 Å². The molecule has 3 aromatic rings. The molecule has 9 heteroatoms. The first-order chi connectivity index (χ1) is 13.8. The summed E-state index contributed by atoms with van der Waals surface area (Å²) in [4.78, 5) is 32.9. The average Bonchev–Trinajstić information content (AvgIpc) is 3.10. The minimum Gasteiger partial charge on any atom is -0.355 e. The van der Waals surface area contributed by atoms with Crippen molar-refractivity contribution >= 4 is 34.8 Å². The Morgan fingerprint density at radius 1 is 1.21 bits per heavy atom. The number of anilines is 1. The van der Waals surface area contributed by atoms with Crippen molar-refractivity contribution in [2.75, 3.05) is 12.4 Å². The molecule has 146 valence electrons. The van der Waals surface area contributed by atoms with Crippen LogP contribution in [0.15, 0.2) is 36.5 Å². The van der Waals surface area contributed by atoms with E-state index < -0.39 is 11.8 Å². The lowest BCUT2D eigenvalue weighted by Crippen LogP contribution is -2.23. The molecule has 0 aliphatic carbocycles. The second-order valence-electron chi connectivity index (χ2n) is 6.22. The van der Waals surface area contributed by atoms with E-state index in [1.54, 1.807) is 44.3 Å². The number of pyridine rings is 1. The quantitative estimate of drug-likeness (QED) is 0.643. The van der Waals surface area contributed by atoms with Crippen molar-refractivity contribution < 1.29 is 9.59 Å². The molecule has 0 unspecified atom stereocenters. The van der Waals surface area contributed by atoms with Crippen LogP contribution in [0.1, 0.15) is 32.1 Å². The van der Waals surface area contributed by atoms with Gasteiger partial charge in [0.1, 0.15) is 5.69 Å². The van der Waals surface area contributed by atoms with E-state index in [4.69, 9.17) is 18.2 Å². The summed E-state index contributed by atoms with van der Waals surface area (Å²) in [6, 6.07) is 7.97. The maximum Gasteiger partial charge on any atom is 0.274 e. The number of carbonyl (C=O) groups excluding carboxylic acids is 2. The Balaban J connectivity index is 2.06. The van der Waals surface area contributed by atoms with E-state index >= 15 is 0 Å². The van der Waals surface area contributed by atoms with Gasteiger partial charge < -0.3 is 10.6 Å². The summed E-state index contributed by atoms with van der Waals surface area (Å²) in [5, 5.41) is 9.95. The molecule has 29 heavy (non-hydrogen) atoms. The van der Waals surface area contributed by atoms with Crippen molar-refractivity contribution in [3.05, 3.63) is 75.5 Å². The average molecular weight is 409 g/mol. The van der Waals surface area contributed by atoms with Crippen LogP contribution >= 0.6 is 11.6 Å². The first kappa shape index (κ1) is 20.0. The molecule has 0 saturated heterocycles. The zero-order valence-corrected chi connectivity index (χ0v) is 16.7. The lowest BCUT2D eigenvalue weighted by Gasteiger charge is -2.15. The van der Waals surface area contributed by atoms with Gasteiger partial charge in [0, 0.05) is 13.2 Å². The molecule has 0 fully saturated rings. The molecule has 0 atom stereocenters. The van der Waals surface area contributed by atoms with E-state index in [2.05, 4.69) is 25.6 Å². The summed E-state index contributed by atoms with van der Waals surface area (Å²) in [5.41, 5.74) is 2.22. The molecule has 0 bridgehead atoms. The van der Waals surface area contributed by atoms with E-state index in [1.807, 2.05) is 0 Å². The zero-order valence-electron chi connectivity index (χ0n) is 15.9. The minimum absolute atomic E-state index is 0.200. The van der Waals surface area contributed by atoms with Crippen molar-refractivity contribution in [1.29, 1.82) is 0 Å². The number of aromatic nitrogens is 3. The highest BCUT2D eigenvalue weighted by Crippen LogP contribution is 2.28. The second kappa shape index (κ2) is 8.12. The van der Waals surface area contributed by atoms with Gasteiger partial charge in [0.25, 0.3) is 11.8 Å². The van der Waals surface area contributed by atoms with Gasteiger partial charge in [0.15, 0.2) is 11.5 Å². The van der Waals surface area contributed by atoms with Crippen LogP contribution in [-0.2, 0) is 0 Å². The number of nitrogens with one attached hydrogen (secondary N) is 2. The van der Waals surface area contributed by atoms with Gasteiger partial charge in [0.2, 0.25) is 0 Å². The molecular weight excluding hydrogens is 392 g/mol. The number of benzene rings is 1. The largest absolute Gasteiger partial charge is 0.355 e. The third kappa shape index (κ3) is 3.95. The first-order valence-corrected chi connectivity index (χ1v) is 8.96. The third-order valence-electron chi connectivity index (χ3n) is 4.16. The molecule has 1 aromatic carbocycles. The third-order valence-corrected chi connectivity index (χ3v) is 4.46. The maximum atomic E-state index is 13.1. The number of halogens is 1. The number of nitrogens with zero attached hydrogens (tertiary/aromatic N) is 4. The summed E-state index contributed by atoms with van der Waals surface area (Å²) >= 11 is 6.21. The molecule has 0 aliphatic rings. The minimum atomic E-state index is -0.490. The van der Waals surface area contributed by atoms with E-state index in [9.17, 15) is 9.59 Å². The van der Waals surface area contributed by atoms with Crippen LogP contribution in [0.5, 0.6) is 0 Å². The summed E-state index contributed by atoms with van der Waals surface area (Å²) in [6.45, 7) is 10.7.